The molecular weight excluding hydrogens is 164 g/mol. The van der Waals surface area contributed by atoms with E-state index in [1.54, 1.807) is 0 Å². The summed E-state index contributed by atoms with van der Waals surface area (Å²) < 4.78 is 5.50. The van der Waals surface area contributed by atoms with Crippen LogP contribution in [0.2, 0.25) is 0 Å². The lowest BCUT2D eigenvalue weighted by molar-refractivity contribution is -0.198. The van der Waals surface area contributed by atoms with Gasteiger partial charge in [-0.3, -0.25) is 0 Å². The fraction of sp³-hybridized carbons (Fsp3) is 1.00. The number of aliphatic hydroxyl groups is 1. The Morgan fingerprint density at radius 2 is 1.92 bits per heavy atom. The molecule has 0 heterocycles. The van der Waals surface area contributed by atoms with Gasteiger partial charge in [0.2, 0.25) is 0 Å². The highest BCUT2D eigenvalue weighted by Gasteiger charge is 2.31. The minimum absolute atomic E-state index is 0.717. The molecule has 0 saturated heterocycles. The highest BCUT2D eigenvalue weighted by Crippen LogP contribution is 2.30. The molecule has 0 bridgehead atoms. The van der Waals surface area contributed by atoms with E-state index in [2.05, 4.69) is 13.8 Å². The van der Waals surface area contributed by atoms with Crippen LogP contribution in [0.1, 0.15) is 52.4 Å². The summed E-state index contributed by atoms with van der Waals surface area (Å²) in [4.78, 5) is 0. The van der Waals surface area contributed by atoms with E-state index < -0.39 is 5.79 Å². The summed E-state index contributed by atoms with van der Waals surface area (Å²) in [5, 5.41) is 9.83. The fourth-order valence-electron chi connectivity index (χ4n) is 1.83. The van der Waals surface area contributed by atoms with Crippen molar-refractivity contribution < 1.29 is 9.84 Å². The first-order valence-corrected chi connectivity index (χ1v) is 5.49. The first-order valence-electron chi connectivity index (χ1n) is 5.49. The van der Waals surface area contributed by atoms with Crippen molar-refractivity contribution >= 4 is 0 Å². The second-order valence-corrected chi connectivity index (χ2v) is 4.54. The predicted molar refractivity (Wildman–Crippen MR) is 53.4 cm³/mol. The molecule has 0 aromatic carbocycles. The van der Waals surface area contributed by atoms with Gasteiger partial charge in [0.1, 0.15) is 0 Å². The zero-order valence-corrected chi connectivity index (χ0v) is 8.88. The summed E-state index contributed by atoms with van der Waals surface area (Å²) in [7, 11) is 0. The number of hydrogen-bond donors (Lipinski definition) is 1. The smallest absolute Gasteiger partial charge is 0.165 e. The van der Waals surface area contributed by atoms with E-state index in [1.165, 1.54) is 6.42 Å². The van der Waals surface area contributed by atoms with Gasteiger partial charge in [0, 0.05) is 12.8 Å². The average molecular weight is 186 g/mol. The molecule has 2 nitrogen and oxygen atoms in total. The molecule has 0 atom stereocenters. The number of hydrogen-bond acceptors (Lipinski definition) is 2. The Kier molecular flexibility index (Phi) is 4.20. The zero-order valence-electron chi connectivity index (χ0n) is 8.88. The molecule has 1 fully saturated rings. The SMILES string of the molecule is CC(C)CCCOC1(O)CCCC1. The van der Waals surface area contributed by atoms with Gasteiger partial charge in [0.15, 0.2) is 5.79 Å². The normalized spacial score (nSPS) is 21.2. The molecule has 1 rings (SSSR count). The van der Waals surface area contributed by atoms with E-state index in [9.17, 15) is 5.11 Å². The van der Waals surface area contributed by atoms with E-state index in [4.69, 9.17) is 4.74 Å². The molecule has 1 aliphatic rings. The van der Waals surface area contributed by atoms with Crippen LogP contribution < -0.4 is 0 Å². The Bertz CT molecular complexity index is 137. The van der Waals surface area contributed by atoms with E-state index in [0.717, 1.165) is 38.0 Å². The number of rotatable bonds is 5. The van der Waals surface area contributed by atoms with Crippen LogP contribution in [0.25, 0.3) is 0 Å². The predicted octanol–water partition coefficient (Wildman–Crippen LogP) is 2.70. The van der Waals surface area contributed by atoms with Crippen LogP contribution in [0.3, 0.4) is 0 Å². The topological polar surface area (TPSA) is 29.5 Å². The largest absolute Gasteiger partial charge is 0.365 e. The minimum atomic E-state index is -0.767. The average Bonchev–Trinajstić information content (AvgIpc) is 2.47. The van der Waals surface area contributed by atoms with Gasteiger partial charge in [-0.15, -0.1) is 0 Å². The molecule has 0 radical (unpaired) electrons. The Morgan fingerprint density at radius 1 is 1.31 bits per heavy atom. The standard InChI is InChI=1S/C11H22O2/c1-10(2)6-5-9-13-11(12)7-3-4-8-11/h10,12H,3-9H2,1-2H3. The summed E-state index contributed by atoms with van der Waals surface area (Å²) in [5.74, 6) is -0.0291. The Hall–Kier alpha value is -0.0800. The Morgan fingerprint density at radius 3 is 2.46 bits per heavy atom. The van der Waals surface area contributed by atoms with Crippen LogP contribution in [-0.4, -0.2) is 17.5 Å². The van der Waals surface area contributed by atoms with Gasteiger partial charge in [-0.05, 0) is 31.6 Å². The van der Waals surface area contributed by atoms with Gasteiger partial charge in [0.25, 0.3) is 0 Å². The van der Waals surface area contributed by atoms with Gasteiger partial charge in [0.05, 0.1) is 6.61 Å². The van der Waals surface area contributed by atoms with Crippen molar-refractivity contribution in [2.45, 2.75) is 58.2 Å². The van der Waals surface area contributed by atoms with Gasteiger partial charge in [-0.1, -0.05) is 13.8 Å². The first-order chi connectivity index (χ1) is 6.12. The summed E-state index contributed by atoms with van der Waals surface area (Å²) >= 11 is 0. The van der Waals surface area contributed by atoms with Crippen LogP contribution in [-0.2, 0) is 4.74 Å². The second-order valence-electron chi connectivity index (χ2n) is 4.54. The van der Waals surface area contributed by atoms with Crippen molar-refractivity contribution in [1.82, 2.24) is 0 Å². The van der Waals surface area contributed by atoms with Crippen LogP contribution in [0, 0.1) is 5.92 Å². The molecule has 78 valence electrons. The third kappa shape index (κ3) is 4.10. The van der Waals surface area contributed by atoms with Gasteiger partial charge < -0.3 is 9.84 Å². The third-order valence-corrected chi connectivity index (χ3v) is 2.68. The van der Waals surface area contributed by atoms with Crippen LogP contribution in [0.4, 0.5) is 0 Å². The molecule has 1 aliphatic carbocycles. The molecule has 0 amide bonds. The Balaban J connectivity index is 2.04. The van der Waals surface area contributed by atoms with Gasteiger partial charge in [-0.2, -0.15) is 0 Å². The lowest BCUT2D eigenvalue weighted by Gasteiger charge is -2.22. The van der Waals surface area contributed by atoms with E-state index in [1.807, 2.05) is 0 Å². The van der Waals surface area contributed by atoms with E-state index in [0.29, 0.717) is 6.61 Å². The zero-order chi connectivity index (χ0) is 9.73. The summed E-state index contributed by atoms with van der Waals surface area (Å²) in [5.41, 5.74) is 0. The molecule has 0 unspecified atom stereocenters. The summed E-state index contributed by atoms with van der Waals surface area (Å²) in [6, 6.07) is 0. The quantitative estimate of drug-likeness (QED) is 0.528. The molecule has 2 heteroatoms. The van der Waals surface area contributed by atoms with Crippen LogP contribution in [0.5, 0.6) is 0 Å². The first kappa shape index (κ1) is 11.0. The second kappa shape index (κ2) is 4.97. The van der Waals surface area contributed by atoms with Crippen LogP contribution in [0.15, 0.2) is 0 Å². The fourth-order valence-corrected chi connectivity index (χ4v) is 1.83. The van der Waals surface area contributed by atoms with Gasteiger partial charge >= 0.3 is 0 Å². The monoisotopic (exact) mass is 186 g/mol. The van der Waals surface area contributed by atoms with Crippen molar-refractivity contribution in [3.05, 3.63) is 0 Å². The van der Waals surface area contributed by atoms with E-state index in [-0.39, 0.29) is 0 Å². The molecule has 0 aromatic rings. The molecule has 0 aromatic heterocycles. The van der Waals surface area contributed by atoms with E-state index >= 15 is 0 Å². The van der Waals surface area contributed by atoms with Crippen molar-refractivity contribution in [3.8, 4) is 0 Å². The molecular formula is C11H22O2. The molecule has 1 saturated carbocycles. The molecule has 0 aliphatic heterocycles. The highest BCUT2D eigenvalue weighted by atomic mass is 16.6. The van der Waals surface area contributed by atoms with Crippen LogP contribution >= 0.6 is 0 Å². The maximum Gasteiger partial charge on any atom is 0.165 e. The number of ether oxygens (including phenoxy) is 1. The summed E-state index contributed by atoms with van der Waals surface area (Å²) in [6.07, 6.45) is 6.14. The lowest BCUT2D eigenvalue weighted by atomic mass is 10.1. The molecule has 0 spiro atoms. The minimum Gasteiger partial charge on any atom is -0.365 e. The maximum atomic E-state index is 9.83. The van der Waals surface area contributed by atoms with Crippen molar-refractivity contribution in [2.24, 2.45) is 5.92 Å². The summed E-state index contributed by atoms with van der Waals surface area (Å²) in [6.45, 7) is 5.14. The third-order valence-electron chi connectivity index (χ3n) is 2.68. The Labute approximate surface area is 81.3 Å². The van der Waals surface area contributed by atoms with Gasteiger partial charge in [-0.25, -0.2) is 0 Å². The molecule has 13 heavy (non-hydrogen) atoms. The van der Waals surface area contributed by atoms with Crippen molar-refractivity contribution in [3.63, 3.8) is 0 Å². The lowest BCUT2D eigenvalue weighted by Crippen LogP contribution is -2.28. The molecule has 1 N–H and O–H groups in total. The maximum absolute atomic E-state index is 9.83. The highest BCUT2D eigenvalue weighted by molar-refractivity contribution is 4.74. The van der Waals surface area contributed by atoms with Crippen molar-refractivity contribution in [1.29, 1.82) is 0 Å². The van der Waals surface area contributed by atoms with Crippen molar-refractivity contribution in [2.75, 3.05) is 6.61 Å².